The fourth-order valence-electron chi connectivity index (χ4n) is 3.87. The van der Waals surface area contributed by atoms with Gasteiger partial charge in [0, 0.05) is 19.5 Å². The molecule has 0 unspecified atom stereocenters. The van der Waals surface area contributed by atoms with E-state index in [0.717, 1.165) is 39.1 Å². The second kappa shape index (κ2) is 6.29. The van der Waals surface area contributed by atoms with Crippen LogP contribution in [-0.4, -0.2) is 42.5 Å². The summed E-state index contributed by atoms with van der Waals surface area (Å²) in [5.74, 6) is 0.413. The van der Waals surface area contributed by atoms with Gasteiger partial charge in [-0.1, -0.05) is 37.1 Å². The van der Waals surface area contributed by atoms with E-state index in [1.807, 2.05) is 12.1 Å². The number of hydrogen-bond donors (Lipinski definition) is 0. The maximum Gasteiger partial charge on any atom is 0.157 e. The van der Waals surface area contributed by atoms with Crippen LogP contribution in [0.3, 0.4) is 0 Å². The molecule has 0 aromatic heterocycles. The van der Waals surface area contributed by atoms with Crippen molar-refractivity contribution in [1.29, 1.82) is 0 Å². The fraction of sp³-hybridized carbons (Fsp3) is 0.611. The van der Waals surface area contributed by atoms with Gasteiger partial charge in [-0.3, -0.25) is 9.69 Å². The average molecular weight is 287 g/mol. The number of aryl methyl sites for hydroxylation is 1. The first kappa shape index (κ1) is 14.7. The van der Waals surface area contributed by atoms with Gasteiger partial charge in [-0.25, -0.2) is 0 Å². The van der Waals surface area contributed by atoms with Gasteiger partial charge in [0.15, 0.2) is 5.78 Å². The van der Waals surface area contributed by atoms with Crippen LogP contribution in [0, 0.1) is 6.92 Å². The number of benzene rings is 1. The second-order valence-electron chi connectivity index (χ2n) is 6.36. The normalized spacial score (nSPS) is 22.3. The summed E-state index contributed by atoms with van der Waals surface area (Å²) in [4.78, 5) is 15.5. The van der Waals surface area contributed by atoms with Crippen molar-refractivity contribution in [2.24, 2.45) is 0 Å². The number of hydrogen-bond acceptors (Lipinski definition) is 3. The molecule has 0 spiro atoms. The number of carbonyl (C=O) groups is 1. The molecule has 1 aliphatic carbocycles. The Morgan fingerprint density at radius 2 is 1.86 bits per heavy atom. The first-order chi connectivity index (χ1) is 10.2. The minimum absolute atomic E-state index is 0.216. The summed E-state index contributed by atoms with van der Waals surface area (Å²) in [5.41, 5.74) is 2.19. The van der Waals surface area contributed by atoms with Crippen LogP contribution in [0.2, 0.25) is 0 Å². The Labute approximate surface area is 127 Å². The van der Waals surface area contributed by atoms with E-state index in [2.05, 4.69) is 24.0 Å². The number of rotatable bonds is 4. The van der Waals surface area contributed by atoms with E-state index < -0.39 is 0 Å². The molecular weight excluding hydrogens is 262 g/mol. The van der Waals surface area contributed by atoms with Gasteiger partial charge < -0.3 is 4.74 Å². The number of ketones is 1. The summed E-state index contributed by atoms with van der Waals surface area (Å²) in [6, 6.07) is 8.26. The standard InChI is InChI=1S/C18H25NO2/c1-15-6-2-3-7-16(15)14-17(20)18(8-4-5-9-18)19-10-12-21-13-11-19/h2-3,6-7H,4-5,8-14H2,1H3. The summed E-state index contributed by atoms with van der Waals surface area (Å²) in [6.07, 6.45) is 4.98. The van der Waals surface area contributed by atoms with Crippen molar-refractivity contribution in [1.82, 2.24) is 4.90 Å². The highest BCUT2D eigenvalue weighted by Crippen LogP contribution is 2.37. The molecule has 1 saturated heterocycles. The molecule has 1 aromatic rings. The van der Waals surface area contributed by atoms with E-state index in [1.54, 1.807) is 0 Å². The van der Waals surface area contributed by atoms with Gasteiger partial charge >= 0.3 is 0 Å². The van der Waals surface area contributed by atoms with E-state index >= 15 is 0 Å². The SMILES string of the molecule is Cc1ccccc1CC(=O)C1(N2CCOCC2)CCCC1. The first-order valence-electron chi connectivity index (χ1n) is 8.13. The lowest BCUT2D eigenvalue weighted by atomic mass is 9.85. The third kappa shape index (κ3) is 2.90. The lowest BCUT2D eigenvalue weighted by Gasteiger charge is -2.42. The third-order valence-corrected chi connectivity index (χ3v) is 5.18. The van der Waals surface area contributed by atoms with Crippen molar-refractivity contribution in [3.05, 3.63) is 35.4 Å². The lowest BCUT2D eigenvalue weighted by Crippen LogP contribution is -2.57. The zero-order chi connectivity index (χ0) is 14.7. The van der Waals surface area contributed by atoms with Crippen LogP contribution in [0.4, 0.5) is 0 Å². The van der Waals surface area contributed by atoms with Crippen LogP contribution in [0.25, 0.3) is 0 Å². The maximum absolute atomic E-state index is 13.1. The average Bonchev–Trinajstić information content (AvgIpc) is 3.01. The Morgan fingerprint density at radius 1 is 1.19 bits per heavy atom. The summed E-state index contributed by atoms with van der Waals surface area (Å²) < 4.78 is 5.47. The first-order valence-corrected chi connectivity index (χ1v) is 8.13. The van der Waals surface area contributed by atoms with Crippen LogP contribution in [0.15, 0.2) is 24.3 Å². The molecule has 3 heteroatoms. The quantitative estimate of drug-likeness (QED) is 0.853. The van der Waals surface area contributed by atoms with Crippen LogP contribution >= 0.6 is 0 Å². The molecular formula is C18H25NO2. The summed E-state index contributed by atoms with van der Waals surface area (Å²) in [7, 11) is 0. The van der Waals surface area contributed by atoms with Gasteiger partial charge in [0.2, 0.25) is 0 Å². The van der Waals surface area contributed by atoms with Gasteiger partial charge in [0.1, 0.15) is 0 Å². The van der Waals surface area contributed by atoms with E-state index in [1.165, 1.54) is 24.0 Å². The molecule has 1 aromatic carbocycles. The van der Waals surface area contributed by atoms with Crippen molar-refractivity contribution in [2.75, 3.05) is 26.3 Å². The minimum atomic E-state index is -0.216. The van der Waals surface area contributed by atoms with Crippen LogP contribution in [0.1, 0.15) is 36.8 Å². The molecule has 3 nitrogen and oxygen atoms in total. The van der Waals surface area contributed by atoms with Crippen molar-refractivity contribution < 1.29 is 9.53 Å². The summed E-state index contributed by atoms with van der Waals surface area (Å²) >= 11 is 0. The second-order valence-corrected chi connectivity index (χ2v) is 6.36. The number of morpholine rings is 1. The molecule has 1 heterocycles. The number of nitrogens with zero attached hydrogens (tertiary/aromatic N) is 1. The number of carbonyl (C=O) groups excluding carboxylic acids is 1. The Kier molecular flexibility index (Phi) is 4.41. The highest BCUT2D eigenvalue weighted by molar-refractivity contribution is 5.90. The lowest BCUT2D eigenvalue weighted by molar-refractivity contribution is -0.133. The van der Waals surface area contributed by atoms with Crippen molar-refractivity contribution in [3.8, 4) is 0 Å². The van der Waals surface area contributed by atoms with E-state index in [-0.39, 0.29) is 5.54 Å². The molecule has 0 N–H and O–H groups in total. The fourth-order valence-corrected chi connectivity index (χ4v) is 3.87. The van der Waals surface area contributed by atoms with Crippen LogP contribution < -0.4 is 0 Å². The predicted octanol–water partition coefficient (Wildman–Crippen LogP) is 2.75. The number of ether oxygens (including phenoxy) is 1. The monoisotopic (exact) mass is 287 g/mol. The zero-order valence-corrected chi connectivity index (χ0v) is 12.9. The largest absolute Gasteiger partial charge is 0.379 e. The van der Waals surface area contributed by atoms with Crippen molar-refractivity contribution >= 4 is 5.78 Å². The zero-order valence-electron chi connectivity index (χ0n) is 12.9. The van der Waals surface area contributed by atoms with Crippen LogP contribution in [-0.2, 0) is 16.0 Å². The predicted molar refractivity (Wildman–Crippen MR) is 83.5 cm³/mol. The molecule has 0 radical (unpaired) electrons. The van der Waals surface area contributed by atoms with E-state index in [9.17, 15) is 4.79 Å². The van der Waals surface area contributed by atoms with Gasteiger partial charge in [0.25, 0.3) is 0 Å². The third-order valence-electron chi connectivity index (χ3n) is 5.18. The van der Waals surface area contributed by atoms with Crippen LogP contribution in [0.5, 0.6) is 0 Å². The Balaban J connectivity index is 1.80. The minimum Gasteiger partial charge on any atom is -0.379 e. The molecule has 0 amide bonds. The molecule has 3 rings (SSSR count). The number of Topliss-reactive ketones (excluding diaryl/α,β-unsaturated/α-hetero) is 1. The highest BCUT2D eigenvalue weighted by atomic mass is 16.5. The molecule has 0 bridgehead atoms. The topological polar surface area (TPSA) is 29.5 Å². The maximum atomic E-state index is 13.1. The van der Waals surface area contributed by atoms with Crippen molar-refractivity contribution in [2.45, 2.75) is 44.6 Å². The molecule has 1 aliphatic heterocycles. The summed E-state index contributed by atoms with van der Waals surface area (Å²) in [5, 5.41) is 0. The molecule has 2 fully saturated rings. The Hall–Kier alpha value is -1.19. The van der Waals surface area contributed by atoms with Gasteiger partial charge in [-0.05, 0) is 30.9 Å². The molecule has 1 saturated carbocycles. The molecule has 0 atom stereocenters. The molecule has 114 valence electrons. The summed E-state index contributed by atoms with van der Waals surface area (Å²) in [6.45, 7) is 5.43. The molecule has 21 heavy (non-hydrogen) atoms. The highest BCUT2D eigenvalue weighted by Gasteiger charge is 2.45. The smallest absolute Gasteiger partial charge is 0.157 e. The molecule has 2 aliphatic rings. The Bertz CT molecular complexity index is 500. The van der Waals surface area contributed by atoms with Crippen molar-refractivity contribution in [3.63, 3.8) is 0 Å². The van der Waals surface area contributed by atoms with Gasteiger partial charge in [-0.2, -0.15) is 0 Å². The van der Waals surface area contributed by atoms with E-state index in [4.69, 9.17) is 4.74 Å². The van der Waals surface area contributed by atoms with Gasteiger partial charge in [-0.15, -0.1) is 0 Å². The Morgan fingerprint density at radius 3 is 2.52 bits per heavy atom. The van der Waals surface area contributed by atoms with E-state index in [0.29, 0.717) is 12.2 Å². The van der Waals surface area contributed by atoms with Gasteiger partial charge in [0.05, 0.1) is 18.8 Å².